The Kier molecular flexibility index (Phi) is 4.73. The maximum absolute atomic E-state index is 11.6. The van der Waals surface area contributed by atoms with Gasteiger partial charge in [-0.15, -0.1) is 0 Å². The summed E-state index contributed by atoms with van der Waals surface area (Å²) in [5.74, 6) is 0.249. The molecular formula is C17H24N2O4. The number of H-pyrrole nitrogens is 1. The molecule has 0 bridgehead atoms. The largest absolute Gasteiger partial charge is 0.491 e. The minimum absolute atomic E-state index is 0.0153. The smallest absolute Gasteiger partial charge is 0.354 e. The molecule has 0 aliphatic carbocycles. The molecule has 0 spiro atoms. The summed E-state index contributed by atoms with van der Waals surface area (Å²) in [4.78, 5) is 16.3. The zero-order chi connectivity index (χ0) is 17.3. The summed E-state index contributed by atoms with van der Waals surface area (Å²) in [5.41, 5.74) is 1.42. The number of aromatic nitrogens is 1. The van der Waals surface area contributed by atoms with E-state index >= 15 is 0 Å². The number of aromatic amines is 1. The van der Waals surface area contributed by atoms with Crippen molar-refractivity contribution in [1.82, 2.24) is 4.98 Å². The van der Waals surface area contributed by atoms with Crippen LogP contribution in [0, 0.1) is 0 Å². The van der Waals surface area contributed by atoms with E-state index in [-0.39, 0.29) is 17.9 Å². The quantitative estimate of drug-likeness (QED) is 0.852. The third-order valence-electron chi connectivity index (χ3n) is 3.20. The number of carboxylic acid groups (broad SMARTS) is 1. The maximum Gasteiger partial charge on any atom is 0.354 e. The van der Waals surface area contributed by atoms with Crippen LogP contribution in [0.2, 0.25) is 0 Å². The molecule has 23 heavy (non-hydrogen) atoms. The van der Waals surface area contributed by atoms with Gasteiger partial charge in [0.15, 0.2) is 0 Å². The van der Waals surface area contributed by atoms with Crippen LogP contribution in [0.15, 0.2) is 12.1 Å². The van der Waals surface area contributed by atoms with Crippen molar-refractivity contribution < 1.29 is 19.4 Å². The van der Waals surface area contributed by atoms with Crippen LogP contribution < -0.4 is 14.4 Å². The van der Waals surface area contributed by atoms with Gasteiger partial charge in [-0.3, -0.25) is 0 Å². The average Bonchev–Trinajstić information content (AvgIpc) is 2.76. The third-order valence-corrected chi connectivity index (χ3v) is 3.20. The maximum atomic E-state index is 11.6. The van der Waals surface area contributed by atoms with Gasteiger partial charge >= 0.3 is 5.97 Å². The van der Waals surface area contributed by atoms with Crippen molar-refractivity contribution in [2.24, 2.45) is 0 Å². The first-order chi connectivity index (χ1) is 10.7. The number of nitrogens with zero attached hydrogens (tertiary/aromatic N) is 1. The highest BCUT2D eigenvalue weighted by Crippen LogP contribution is 2.40. The summed E-state index contributed by atoms with van der Waals surface area (Å²) >= 11 is 0. The number of fused-ring (bicyclic) bond motifs is 1. The Hall–Kier alpha value is -2.37. The van der Waals surface area contributed by atoms with Gasteiger partial charge in [0.2, 0.25) is 0 Å². The van der Waals surface area contributed by atoms with Crippen molar-refractivity contribution in [3.8, 4) is 11.5 Å². The van der Waals surface area contributed by atoms with Gasteiger partial charge in [0.1, 0.15) is 17.2 Å². The SMILES string of the molecule is CC(C)Oc1cc(OC(C)C)c2c(N(C)C)c(C(=O)O)[nH]c2c1. The standard InChI is InChI=1S/C17H24N2O4/c1-9(2)22-11-7-12-14(13(8-11)23-10(3)4)16(19(5)6)15(18-12)17(20)21/h7-10,18H,1-6H3,(H,20,21). The molecular weight excluding hydrogens is 296 g/mol. The lowest BCUT2D eigenvalue weighted by atomic mass is 10.1. The van der Waals surface area contributed by atoms with E-state index in [1.165, 1.54) is 0 Å². The zero-order valence-electron chi connectivity index (χ0n) is 14.4. The second kappa shape index (κ2) is 6.40. The van der Waals surface area contributed by atoms with Crippen molar-refractivity contribution in [2.75, 3.05) is 19.0 Å². The molecule has 0 amide bonds. The van der Waals surface area contributed by atoms with Crippen LogP contribution in [-0.2, 0) is 0 Å². The molecule has 126 valence electrons. The molecule has 0 fully saturated rings. The van der Waals surface area contributed by atoms with Crippen molar-refractivity contribution in [2.45, 2.75) is 39.9 Å². The van der Waals surface area contributed by atoms with E-state index in [4.69, 9.17) is 9.47 Å². The first-order valence-corrected chi connectivity index (χ1v) is 7.64. The Morgan fingerprint density at radius 3 is 2.22 bits per heavy atom. The highest BCUT2D eigenvalue weighted by Gasteiger charge is 2.23. The van der Waals surface area contributed by atoms with Crippen molar-refractivity contribution in [3.63, 3.8) is 0 Å². The minimum atomic E-state index is -1.01. The van der Waals surface area contributed by atoms with Gasteiger partial charge in [-0.05, 0) is 27.7 Å². The normalized spacial score (nSPS) is 11.3. The van der Waals surface area contributed by atoms with E-state index in [1.807, 2.05) is 53.9 Å². The average molecular weight is 320 g/mol. The number of hydrogen-bond donors (Lipinski definition) is 2. The van der Waals surface area contributed by atoms with E-state index in [0.717, 1.165) is 5.39 Å². The second-order valence-corrected chi connectivity index (χ2v) is 6.23. The Balaban J connectivity index is 2.76. The molecule has 6 heteroatoms. The molecule has 0 saturated heterocycles. The molecule has 0 radical (unpaired) electrons. The van der Waals surface area contributed by atoms with Crippen LogP contribution in [0.25, 0.3) is 10.9 Å². The fraction of sp³-hybridized carbons (Fsp3) is 0.471. The number of anilines is 1. The first-order valence-electron chi connectivity index (χ1n) is 7.64. The van der Waals surface area contributed by atoms with E-state index in [9.17, 15) is 9.90 Å². The summed E-state index contributed by atoms with van der Waals surface area (Å²) in [6, 6.07) is 3.62. The Morgan fingerprint density at radius 1 is 1.13 bits per heavy atom. The topological polar surface area (TPSA) is 74.8 Å². The number of hydrogen-bond acceptors (Lipinski definition) is 4. The summed E-state index contributed by atoms with van der Waals surface area (Å²) in [6.45, 7) is 7.75. The van der Waals surface area contributed by atoms with Crippen LogP contribution >= 0.6 is 0 Å². The summed E-state index contributed by atoms with van der Waals surface area (Å²) in [5, 5.41) is 10.2. The summed E-state index contributed by atoms with van der Waals surface area (Å²) in [6.07, 6.45) is -0.0211. The molecule has 2 rings (SSSR count). The Bertz CT molecular complexity index is 717. The predicted molar refractivity (Wildman–Crippen MR) is 91.1 cm³/mol. The van der Waals surface area contributed by atoms with Crippen molar-refractivity contribution >= 4 is 22.6 Å². The van der Waals surface area contributed by atoms with Crippen LogP contribution in [0.1, 0.15) is 38.2 Å². The monoisotopic (exact) mass is 320 g/mol. The number of nitrogens with one attached hydrogen (secondary N) is 1. The lowest BCUT2D eigenvalue weighted by Gasteiger charge is -2.18. The van der Waals surface area contributed by atoms with Crippen LogP contribution in [0.3, 0.4) is 0 Å². The lowest BCUT2D eigenvalue weighted by Crippen LogP contribution is -2.13. The molecule has 1 aromatic carbocycles. The van der Waals surface area contributed by atoms with E-state index in [1.54, 1.807) is 4.90 Å². The highest BCUT2D eigenvalue weighted by atomic mass is 16.5. The predicted octanol–water partition coefficient (Wildman–Crippen LogP) is 3.51. The fourth-order valence-electron chi connectivity index (χ4n) is 2.54. The van der Waals surface area contributed by atoms with Crippen molar-refractivity contribution in [3.05, 3.63) is 17.8 Å². The molecule has 1 aromatic heterocycles. The van der Waals surface area contributed by atoms with E-state index < -0.39 is 5.97 Å². The molecule has 2 N–H and O–H groups in total. The van der Waals surface area contributed by atoms with E-state index in [2.05, 4.69) is 4.98 Å². The van der Waals surface area contributed by atoms with Gasteiger partial charge < -0.3 is 24.5 Å². The molecule has 0 saturated carbocycles. The van der Waals surface area contributed by atoms with Gasteiger partial charge in [-0.25, -0.2) is 4.79 Å². The number of carboxylic acids is 1. The molecule has 0 aliphatic rings. The number of carbonyl (C=O) groups is 1. The van der Waals surface area contributed by atoms with E-state index in [0.29, 0.717) is 22.7 Å². The van der Waals surface area contributed by atoms with Gasteiger partial charge in [-0.1, -0.05) is 0 Å². The van der Waals surface area contributed by atoms with Gasteiger partial charge in [0.25, 0.3) is 0 Å². The lowest BCUT2D eigenvalue weighted by molar-refractivity contribution is 0.0692. The second-order valence-electron chi connectivity index (χ2n) is 6.23. The van der Waals surface area contributed by atoms with Gasteiger partial charge in [-0.2, -0.15) is 0 Å². The Morgan fingerprint density at radius 2 is 1.74 bits per heavy atom. The minimum Gasteiger partial charge on any atom is -0.491 e. The first kappa shape index (κ1) is 17.0. The number of ether oxygens (including phenoxy) is 2. The molecule has 0 atom stereocenters. The molecule has 0 unspecified atom stereocenters. The Labute approximate surface area is 136 Å². The summed E-state index contributed by atoms with van der Waals surface area (Å²) < 4.78 is 11.7. The van der Waals surface area contributed by atoms with Gasteiger partial charge in [0.05, 0.1) is 28.8 Å². The molecule has 2 aromatic rings. The fourth-order valence-corrected chi connectivity index (χ4v) is 2.54. The molecule has 0 aliphatic heterocycles. The van der Waals surface area contributed by atoms with Crippen LogP contribution in [0.4, 0.5) is 5.69 Å². The summed E-state index contributed by atoms with van der Waals surface area (Å²) in [7, 11) is 3.62. The molecule has 1 heterocycles. The number of benzene rings is 1. The van der Waals surface area contributed by atoms with Crippen LogP contribution in [-0.4, -0.2) is 42.4 Å². The number of aromatic carboxylic acids is 1. The third kappa shape index (κ3) is 3.52. The number of rotatable bonds is 6. The van der Waals surface area contributed by atoms with Crippen molar-refractivity contribution in [1.29, 1.82) is 0 Å². The highest BCUT2D eigenvalue weighted by molar-refractivity contribution is 6.08. The van der Waals surface area contributed by atoms with Gasteiger partial charge in [0, 0.05) is 26.2 Å². The van der Waals surface area contributed by atoms with Crippen LogP contribution in [0.5, 0.6) is 11.5 Å². The zero-order valence-corrected chi connectivity index (χ0v) is 14.4. The molecule has 6 nitrogen and oxygen atoms in total.